The fraction of sp³-hybridized carbons (Fsp3) is 0.643. The predicted molar refractivity (Wildman–Crippen MR) is 132 cm³/mol. The lowest BCUT2D eigenvalue weighted by Crippen LogP contribution is -2.53. The maximum atomic E-state index is 4.51. The number of pyridine rings is 2. The highest BCUT2D eigenvalue weighted by atomic mass is 15.2. The molecule has 0 amide bonds. The molecule has 2 aliphatic rings. The molecule has 2 fully saturated rings. The minimum atomic E-state index is 0.139. The molecule has 2 aliphatic heterocycles. The molecule has 0 aliphatic carbocycles. The molecule has 2 aromatic rings. The van der Waals surface area contributed by atoms with Gasteiger partial charge in [0.05, 0.1) is 0 Å². The Kier molecular flexibility index (Phi) is 7.02. The van der Waals surface area contributed by atoms with Crippen LogP contribution < -0.4 is 0 Å². The van der Waals surface area contributed by atoms with Gasteiger partial charge in [0, 0.05) is 47.9 Å². The Morgan fingerprint density at radius 3 is 2.25 bits per heavy atom. The molecule has 174 valence electrons. The van der Waals surface area contributed by atoms with Gasteiger partial charge >= 0.3 is 0 Å². The first-order chi connectivity index (χ1) is 15.3. The topological polar surface area (TPSA) is 32.3 Å². The number of nitrogens with zero attached hydrogens (tertiary/aromatic N) is 4. The third-order valence-corrected chi connectivity index (χ3v) is 7.78. The molecular weight excluding hydrogens is 392 g/mol. The Bertz CT molecular complexity index is 843. The monoisotopic (exact) mass is 434 g/mol. The summed E-state index contributed by atoms with van der Waals surface area (Å²) < 4.78 is 0. The molecule has 0 aromatic carbocycles. The molecule has 4 nitrogen and oxygen atoms in total. The molecule has 32 heavy (non-hydrogen) atoms. The van der Waals surface area contributed by atoms with Crippen LogP contribution in [0.5, 0.6) is 0 Å². The van der Waals surface area contributed by atoms with Crippen LogP contribution in [0, 0.1) is 5.92 Å². The van der Waals surface area contributed by atoms with Gasteiger partial charge in [0.1, 0.15) is 0 Å². The number of likely N-dealkylation sites (tertiary alicyclic amines) is 2. The van der Waals surface area contributed by atoms with E-state index in [0.29, 0.717) is 18.0 Å². The fourth-order valence-corrected chi connectivity index (χ4v) is 6.39. The molecule has 0 saturated carbocycles. The molecule has 2 unspecified atom stereocenters. The lowest BCUT2D eigenvalue weighted by molar-refractivity contribution is -0.0277. The highest BCUT2D eigenvalue weighted by Crippen LogP contribution is 2.46. The molecule has 0 spiro atoms. The standard InChI is InChI=1S/C28H42N4/c1-27(2,3)32-19-9-11-23(26(32)24-10-8-15-30-21-24)20-28(4,5)31-18-7-6-12-25(31)22-13-16-29-17-14-22/h8,10,13-17,21,23,25-26H,6-7,9,11-12,18-20H2,1-5H3/t23?,25?,26-/m0/s1. The molecule has 0 radical (unpaired) electrons. The van der Waals surface area contributed by atoms with E-state index in [1.54, 1.807) is 0 Å². The van der Waals surface area contributed by atoms with Crippen molar-refractivity contribution in [3.8, 4) is 0 Å². The van der Waals surface area contributed by atoms with Crippen LogP contribution in [0.4, 0.5) is 0 Å². The summed E-state index contributed by atoms with van der Waals surface area (Å²) in [6, 6.07) is 9.78. The summed E-state index contributed by atoms with van der Waals surface area (Å²) in [6.45, 7) is 14.4. The summed E-state index contributed by atoms with van der Waals surface area (Å²) in [7, 11) is 0. The number of rotatable bonds is 5. The zero-order valence-electron chi connectivity index (χ0n) is 20.8. The molecule has 0 bridgehead atoms. The van der Waals surface area contributed by atoms with Crippen molar-refractivity contribution < 1.29 is 0 Å². The quantitative estimate of drug-likeness (QED) is 0.543. The second-order valence-electron chi connectivity index (χ2n) is 11.5. The number of aromatic nitrogens is 2. The molecular formula is C28H42N4. The van der Waals surface area contributed by atoms with Gasteiger partial charge in [-0.3, -0.25) is 19.8 Å². The summed E-state index contributed by atoms with van der Waals surface area (Å²) in [4.78, 5) is 14.3. The molecule has 4 heteroatoms. The lowest BCUT2D eigenvalue weighted by atomic mass is 9.75. The van der Waals surface area contributed by atoms with E-state index in [2.05, 4.69) is 84.8 Å². The summed E-state index contributed by atoms with van der Waals surface area (Å²) >= 11 is 0. The minimum Gasteiger partial charge on any atom is -0.291 e. The van der Waals surface area contributed by atoms with Crippen molar-refractivity contribution in [3.63, 3.8) is 0 Å². The van der Waals surface area contributed by atoms with Crippen molar-refractivity contribution in [1.29, 1.82) is 0 Å². The smallest absolute Gasteiger partial charge is 0.0397 e. The van der Waals surface area contributed by atoms with Crippen LogP contribution in [0.15, 0.2) is 49.1 Å². The zero-order valence-corrected chi connectivity index (χ0v) is 20.8. The van der Waals surface area contributed by atoms with Crippen LogP contribution in [-0.4, -0.2) is 43.9 Å². The Balaban J connectivity index is 1.62. The van der Waals surface area contributed by atoms with E-state index in [4.69, 9.17) is 0 Å². The lowest BCUT2D eigenvalue weighted by Gasteiger charge is -2.53. The van der Waals surface area contributed by atoms with Crippen LogP contribution in [0.3, 0.4) is 0 Å². The molecule has 4 heterocycles. The minimum absolute atomic E-state index is 0.139. The normalized spacial score (nSPS) is 26.2. The summed E-state index contributed by atoms with van der Waals surface area (Å²) in [5.41, 5.74) is 3.10. The Morgan fingerprint density at radius 2 is 1.56 bits per heavy atom. The largest absolute Gasteiger partial charge is 0.291 e. The first-order valence-corrected chi connectivity index (χ1v) is 12.6. The third-order valence-electron chi connectivity index (χ3n) is 7.78. The van der Waals surface area contributed by atoms with Gasteiger partial charge in [-0.2, -0.15) is 0 Å². The molecule has 4 rings (SSSR count). The average Bonchev–Trinajstić information content (AvgIpc) is 2.79. The van der Waals surface area contributed by atoms with E-state index < -0.39 is 0 Å². The Labute approximate surface area is 195 Å². The van der Waals surface area contributed by atoms with Gasteiger partial charge < -0.3 is 0 Å². The van der Waals surface area contributed by atoms with E-state index in [1.165, 1.54) is 62.7 Å². The number of hydrogen-bond donors (Lipinski definition) is 0. The van der Waals surface area contributed by atoms with Crippen molar-refractivity contribution in [3.05, 3.63) is 60.2 Å². The van der Waals surface area contributed by atoms with Crippen LogP contribution in [-0.2, 0) is 0 Å². The van der Waals surface area contributed by atoms with E-state index in [1.807, 2.05) is 18.6 Å². The second-order valence-corrected chi connectivity index (χ2v) is 11.5. The van der Waals surface area contributed by atoms with Crippen molar-refractivity contribution >= 4 is 0 Å². The van der Waals surface area contributed by atoms with Crippen LogP contribution >= 0.6 is 0 Å². The third kappa shape index (κ3) is 5.07. The summed E-state index contributed by atoms with van der Waals surface area (Å²) in [5.74, 6) is 0.627. The summed E-state index contributed by atoms with van der Waals surface area (Å²) in [5, 5.41) is 0. The van der Waals surface area contributed by atoms with Gasteiger partial charge in [-0.05, 0) is 115 Å². The van der Waals surface area contributed by atoms with Crippen LogP contribution in [0.1, 0.15) is 96.4 Å². The number of piperidine rings is 2. The average molecular weight is 435 g/mol. The van der Waals surface area contributed by atoms with Crippen molar-refractivity contribution in [2.75, 3.05) is 13.1 Å². The van der Waals surface area contributed by atoms with E-state index in [-0.39, 0.29) is 11.1 Å². The Morgan fingerprint density at radius 1 is 0.812 bits per heavy atom. The van der Waals surface area contributed by atoms with Crippen molar-refractivity contribution in [2.45, 2.75) is 96.3 Å². The molecule has 0 N–H and O–H groups in total. The van der Waals surface area contributed by atoms with Gasteiger partial charge in [-0.1, -0.05) is 12.5 Å². The maximum Gasteiger partial charge on any atom is 0.0397 e. The molecule has 3 atom stereocenters. The highest BCUT2D eigenvalue weighted by molar-refractivity contribution is 5.19. The number of hydrogen-bond acceptors (Lipinski definition) is 4. The van der Waals surface area contributed by atoms with Crippen LogP contribution in [0.25, 0.3) is 0 Å². The van der Waals surface area contributed by atoms with Gasteiger partial charge in [0.25, 0.3) is 0 Å². The van der Waals surface area contributed by atoms with E-state index >= 15 is 0 Å². The predicted octanol–water partition coefficient (Wildman–Crippen LogP) is 6.42. The van der Waals surface area contributed by atoms with Gasteiger partial charge in [0.15, 0.2) is 0 Å². The first-order valence-electron chi connectivity index (χ1n) is 12.6. The van der Waals surface area contributed by atoms with E-state index in [0.717, 1.165) is 0 Å². The second kappa shape index (κ2) is 9.61. The highest BCUT2D eigenvalue weighted by Gasteiger charge is 2.43. The molecule has 2 aromatic heterocycles. The molecule has 2 saturated heterocycles. The first kappa shape index (κ1) is 23.4. The Hall–Kier alpha value is -1.78. The SMILES string of the molecule is CC(C)(C)N1CCCC(CC(C)(C)N2CCCCC2c2ccncc2)[C@H]1c1cccnc1. The van der Waals surface area contributed by atoms with E-state index in [9.17, 15) is 0 Å². The van der Waals surface area contributed by atoms with Gasteiger partial charge in [0.2, 0.25) is 0 Å². The van der Waals surface area contributed by atoms with Crippen LogP contribution in [0.2, 0.25) is 0 Å². The van der Waals surface area contributed by atoms with Crippen molar-refractivity contribution in [2.24, 2.45) is 5.92 Å². The van der Waals surface area contributed by atoms with Gasteiger partial charge in [-0.15, -0.1) is 0 Å². The van der Waals surface area contributed by atoms with Gasteiger partial charge in [-0.25, -0.2) is 0 Å². The van der Waals surface area contributed by atoms with Crippen molar-refractivity contribution in [1.82, 2.24) is 19.8 Å². The summed E-state index contributed by atoms with van der Waals surface area (Å²) in [6.07, 6.45) is 15.6. The fourth-order valence-electron chi connectivity index (χ4n) is 6.39. The zero-order chi connectivity index (χ0) is 22.8. The maximum absolute atomic E-state index is 4.51.